The Kier molecular flexibility index (Phi) is 2.43. The first-order valence-corrected chi connectivity index (χ1v) is 5.57. The maximum absolute atomic E-state index is 5.51. The largest absolute Gasteiger partial charge is 0.442 e. The van der Waals surface area contributed by atoms with Gasteiger partial charge in [0.2, 0.25) is 5.71 Å². The molecular formula is C9H7Br2NO. The second-order valence-electron chi connectivity index (χ2n) is 2.81. The lowest BCUT2D eigenvalue weighted by molar-refractivity contribution is 0.545. The molecule has 0 aliphatic carbocycles. The van der Waals surface area contributed by atoms with Gasteiger partial charge in [-0.3, -0.25) is 0 Å². The van der Waals surface area contributed by atoms with E-state index in [-0.39, 0.29) is 4.83 Å². The van der Waals surface area contributed by atoms with Crippen molar-refractivity contribution in [3.05, 3.63) is 28.6 Å². The van der Waals surface area contributed by atoms with Gasteiger partial charge in [-0.05, 0) is 35.0 Å². The molecule has 2 aromatic heterocycles. The van der Waals surface area contributed by atoms with Crippen LogP contribution in [0.5, 0.6) is 0 Å². The Balaban J connectivity index is 2.62. The number of pyridine rings is 1. The molecular weight excluding hydrogens is 298 g/mol. The van der Waals surface area contributed by atoms with Crippen LogP contribution in [-0.2, 0) is 0 Å². The Hall–Kier alpha value is -0.350. The van der Waals surface area contributed by atoms with Gasteiger partial charge in [0, 0.05) is 16.1 Å². The summed E-state index contributed by atoms with van der Waals surface area (Å²) < 4.78 is 6.47. The molecule has 2 nitrogen and oxygen atoms in total. The minimum Gasteiger partial charge on any atom is -0.442 e. The number of aromatic nitrogens is 1. The van der Waals surface area contributed by atoms with Crippen LogP contribution in [0.2, 0.25) is 0 Å². The zero-order valence-electron chi connectivity index (χ0n) is 6.92. The summed E-state index contributed by atoms with van der Waals surface area (Å²) in [5, 5.41) is 1.02. The van der Waals surface area contributed by atoms with Crippen molar-refractivity contribution in [2.24, 2.45) is 0 Å². The molecule has 0 bridgehead atoms. The molecule has 0 amide bonds. The fourth-order valence-corrected chi connectivity index (χ4v) is 1.70. The smallest absolute Gasteiger partial charge is 0.226 e. The SMILES string of the molecule is CC(Br)c1cc2cc(Br)cnc2o1. The maximum atomic E-state index is 5.51. The van der Waals surface area contributed by atoms with E-state index in [0.717, 1.165) is 15.6 Å². The molecule has 0 aromatic carbocycles. The molecule has 0 aliphatic heterocycles. The van der Waals surface area contributed by atoms with Crippen LogP contribution in [0.4, 0.5) is 0 Å². The van der Waals surface area contributed by atoms with Gasteiger partial charge in [-0.15, -0.1) is 0 Å². The Bertz CT molecular complexity index is 436. The van der Waals surface area contributed by atoms with Crippen LogP contribution in [0, 0.1) is 0 Å². The summed E-state index contributed by atoms with van der Waals surface area (Å²) in [5.41, 5.74) is 0.685. The molecule has 0 N–H and O–H groups in total. The molecule has 68 valence electrons. The first-order chi connectivity index (χ1) is 6.16. The molecule has 0 fully saturated rings. The zero-order valence-corrected chi connectivity index (χ0v) is 10.1. The second kappa shape index (κ2) is 3.42. The Morgan fingerprint density at radius 1 is 1.46 bits per heavy atom. The van der Waals surface area contributed by atoms with Crippen molar-refractivity contribution in [2.45, 2.75) is 11.8 Å². The van der Waals surface area contributed by atoms with Crippen LogP contribution in [0.1, 0.15) is 17.5 Å². The Labute approximate surface area is 92.6 Å². The monoisotopic (exact) mass is 303 g/mol. The lowest BCUT2D eigenvalue weighted by Gasteiger charge is -1.93. The van der Waals surface area contributed by atoms with Gasteiger partial charge in [-0.1, -0.05) is 15.9 Å². The molecule has 2 rings (SSSR count). The average molecular weight is 305 g/mol. The van der Waals surface area contributed by atoms with Gasteiger partial charge in [0.25, 0.3) is 0 Å². The number of hydrogen-bond donors (Lipinski definition) is 0. The zero-order chi connectivity index (χ0) is 9.42. The van der Waals surface area contributed by atoms with Crippen molar-refractivity contribution < 1.29 is 4.42 Å². The number of furan rings is 1. The number of fused-ring (bicyclic) bond motifs is 1. The highest BCUT2D eigenvalue weighted by atomic mass is 79.9. The van der Waals surface area contributed by atoms with E-state index in [4.69, 9.17) is 4.42 Å². The number of alkyl halides is 1. The van der Waals surface area contributed by atoms with E-state index in [0.29, 0.717) is 5.71 Å². The molecule has 1 atom stereocenters. The fourth-order valence-electron chi connectivity index (χ4n) is 1.12. The molecule has 0 saturated heterocycles. The van der Waals surface area contributed by atoms with Gasteiger partial charge in [-0.2, -0.15) is 0 Å². The third-order valence-electron chi connectivity index (χ3n) is 1.75. The van der Waals surface area contributed by atoms with Crippen molar-refractivity contribution in [1.29, 1.82) is 0 Å². The van der Waals surface area contributed by atoms with Crippen molar-refractivity contribution in [2.75, 3.05) is 0 Å². The molecule has 1 unspecified atom stereocenters. The van der Waals surface area contributed by atoms with E-state index < -0.39 is 0 Å². The topological polar surface area (TPSA) is 26.0 Å². The molecule has 0 spiro atoms. The Morgan fingerprint density at radius 3 is 2.92 bits per heavy atom. The normalized spacial score (nSPS) is 13.5. The Morgan fingerprint density at radius 2 is 2.23 bits per heavy atom. The molecule has 2 aromatic rings. The van der Waals surface area contributed by atoms with Gasteiger partial charge < -0.3 is 4.42 Å². The van der Waals surface area contributed by atoms with Gasteiger partial charge in [-0.25, -0.2) is 4.98 Å². The van der Waals surface area contributed by atoms with Crippen molar-refractivity contribution in [3.8, 4) is 0 Å². The first-order valence-electron chi connectivity index (χ1n) is 3.86. The predicted molar refractivity (Wildman–Crippen MR) is 59.1 cm³/mol. The number of halogens is 2. The highest BCUT2D eigenvalue weighted by molar-refractivity contribution is 9.10. The van der Waals surface area contributed by atoms with Crippen molar-refractivity contribution >= 4 is 43.0 Å². The van der Waals surface area contributed by atoms with Crippen molar-refractivity contribution in [1.82, 2.24) is 4.98 Å². The number of rotatable bonds is 1. The summed E-state index contributed by atoms with van der Waals surface area (Å²) in [7, 11) is 0. The van der Waals surface area contributed by atoms with E-state index in [1.165, 1.54) is 0 Å². The van der Waals surface area contributed by atoms with Gasteiger partial charge >= 0.3 is 0 Å². The summed E-state index contributed by atoms with van der Waals surface area (Å²) >= 11 is 6.81. The van der Waals surface area contributed by atoms with Crippen LogP contribution in [0.25, 0.3) is 11.1 Å². The van der Waals surface area contributed by atoms with Crippen molar-refractivity contribution in [3.63, 3.8) is 0 Å². The van der Waals surface area contributed by atoms with Gasteiger partial charge in [0.15, 0.2) is 0 Å². The third-order valence-corrected chi connectivity index (χ3v) is 2.63. The first kappa shape index (κ1) is 9.21. The number of nitrogens with zero attached hydrogens (tertiary/aromatic N) is 1. The standard InChI is InChI=1S/C9H7Br2NO/c1-5(10)8-3-6-2-7(11)4-12-9(6)13-8/h2-5H,1H3. The van der Waals surface area contributed by atoms with E-state index in [1.54, 1.807) is 6.20 Å². The summed E-state index contributed by atoms with van der Waals surface area (Å²) in [5.74, 6) is 0.903. The average Bonchev–Trinajstić information content (AvgIpc) is 2.46. The minimum atomic E-state index is 0.223. The summed E-state index contributed by atoms with van der Waals surface area (Å²) in [4.78, 5) is 4.37. The van der Waals surface area contributed by atoms with Gasteiger partial charge in [0.05, 0.1) is 4.83 Å². The molecule has 0 aliphatic rings. The van der Waals surface area contributed by atoms with E-state index in [9.17, 15) is 0 Å². The second-order valence-corrected chi connectivity index (χ2v) is 5.10. The quantitative estimate of drug-likeness (QED) is 0.743. The van der Waals surface area contributed by atoms with E-state index in [2.05, 4.69) is 36.8 Å². The van der Waals surface area contributed by atoms with Crippen LogP contribution < -0.4 is 0 Å². The molecule has 2 heterocycles. The minimum absolute atomic E-state index is 0.223. The predicted octanol–water partition coefficient (Wildman–Crippen LogP) is 4.05. The molecule has 4 heteroatoms. The van der Waals surface area contributed by atoms with Crippen LogP contribution in [0.15, 0.2) is 27.2 Å². The highest BCUT2D eigenvalue weighted by Gasteiger charge is 2.08. The summed E-state index contributed by atoms with van der Waals surface area (Å²) in [6.45, 7) is 2.02. The fraction of sp³-hybridized carbons (Fsp3) is 0.222. The van der Waals surface area contributed by atoms with Crippen LogP contribution in [-0.4, -0.2) is 4.98 Å². The molecule has 0 radical (unpaired) electrons. The summed E-state index contributed by atoms with van der Waals surface area (Å²) in [6, 6.07) is 3.98. The van der Waals surface area contributed by atoms with E-state index >= 15 is 0 Å². The molecule has 0 saturated carbocycles. The lowest BCUT2D eigenvalue weighted by Crippen LogP contribution is -1.74. The highest BCUT2D eigenvalue weighted by Crippen LogP contribution is 2.28. The van der Waals surface area contributed by atoms with E-state index in [1.807, 2.05) is 19.1 Å². The van der Waals surface area contributed by atoms with Crippen LogP contribution in [0.3, 0.4) is 0 Å². The van der Waals surface area contributed by atoms with Gasteiger partial charge in [0.1, 0.15) is 5.76 Å². The lowest BCUT2D eigenvalue weighted by atomic mass is 10.3. The number of hydrogen-bond acceptors (Lipinski definition) is 2. The molecule has 13 heavy (non-hydrogen) atoms. The maximum Gasteiger partial charge on any atom is 0.226 e. The van der Waals surface area contributed by atoms with Crippen LogP contribution >= 0.6 is 31.9 Å². The summed E-state index contributed by atoms with van der Waals surface area (Å²) in [6.07, 6.45) is 1.73. The third kappa shape index (κ3) is 1.79.